The number of nitrogens with one attached hydrogen (secondary N) is 2. The van der Waals surface area contributed by atoms with Crippen LogP contribution in [0.2, 0.25) is 5.02 Å². The van der Waals surface area contributed by atoms with E-state index < -0.39 is 17.7 Å². The molecule has 0 radical (unpaired) electrons. The van der Waals surface area contributed by atoms with Crippen molar-refractivity contribution >= 4 is 34.9 Å². The summed E-state index contributed by atoms with van der Waals surface area (Å²) >= 11 is 6.40. The first-order valence-corrected chi connectivity index (χ1v) is 11.6. The summed E-state index contributed by atoms with van der Waals surface area (Å²) in [6.45, 7) is 7.65. The second-order valence-corrected chi connectivity index (χ2v) is 9.58. The van der Waals surface area contributed by atoms with Gasteiger partial charge in [-0.05, 0) is 63.1 Å². The Kier molecular flexibility index (Phi) is 5.29. The number of benzene rings is 3. The van der Waals surface area contributed by atoms with Gasteiger partial charge in [-0.15, -0.1) is 0 Å². The molecule has 2 aliphatic rings. The number of carbonyl (C=O) groups is 2. The maximum absolute atomic E-state index is 13.8. The summed E-state index contributed by atoms with van der Waals surface area (Å²) < 4.78 is 6.48. The monoisotopic (exact) mass is 475 g/mol. The largest absolute Gasteiger partial charge is 0.466 e. The van der Waals surface area contributed by atoms with Crippen molar-refractivity contribution < 1.29 is 14.3 Å². The summed E-state index contributed by atoms with van der Waals surface area (Å²) in [6.07, 6.45) is 0. The zero-order chi connectivity index (χ0) is 24.2. The third-order valence-corrected chi connectivity index (χ3v) is 7.15. The first kappa shape index (κ1) is 22.3. The number of nitrogens with zero attached hydrogens (tertiary/aromatic N) is 1. The molecule has 1 fully saturated rings. The number of para-hydroxylation sites is 1. The quantitative estimate of drug-likeness (QED) is 0.495. The lowest BCUT2D eigenvalue weighted by molar-refractivity contribution is -0.131. The molecule has 7 heteroatoms. The number of rotatable bonds is 3. The molecule has 0 aliphatic carbocycles. The fraction of sp³-hybridized carbons (Fsp3) is 0.259. The van der Waals surface area contributed by atoms with Gasteiger partial charge in [0, 0.05) is 16.3 Å². The number of halogens is 1. The lowest BCUT2D eigenvalue weighted by atomic mass is 9.78. The molecule has 0 saturated carbocycles. The Bertz CT molecular complexity index is 1320. The van der Waals surface area contributed by atoms with E-state index in [0.29, 0.717) is 16.5 Å². The molecule has 0 aromatic heterocycles. The number of carbonyl (C=O) groups excluding carboxylic acids is 2. The highest BCUT2D eigenvalue weighted by molar-refractivity contribution is 6.31. The lowest BCUT2D eigenvalue weighted by Crippen LogP contribution is -2.72. The van der Waals surface area contributed by atoms with Crippen molar-refractivity contribution in [1.29, 1.82) is 0 Å². The van der Waals surface area contributed by atoms with Crippen LogP contribution in [0.4, 0.5) is 16.2 Å². The molecule has 3 aromatic rings. The second kappa shape index (κ2) is 8.06. The molecule has 34 heavy (non-hydrogen) atoms. The number of aryl methyl sites for hydroxylation is 3. The average molecular weight is 476 g/mol. The van der Waals surface area contributed by atoms with Crippen molar-refractivity contribution in [3.63, 3.8) is 0 Å². The van der Waals surface area contributed by atoms with E-state index >= 15 is 0 Å². The molecule has 6 nitrogen and oxygen atoms in total. The molecule has 174 valence electrons. The van der Waals surface area contributed by atoms with E-state index in [1.807, 2.05) is 75.4 Å². The van der Waals surface area contributed by atoms with Crippen LogP contribution in [0.3, 0.4) is 0 Å². The Labute approximate surface area is 203 Å². The molecule has 3 atom stereocenters. The van der Waals surface area contributed by atoms with Gasteiger partial charge in [0.1, 0.15) is 11.7 Å². The van der Waals surface area contributed by atoms with Crippen molar-refractivity contribution in [3.05, 3.63) is 87.9 Å². The molecular weight excluding hydrogens is 450 g/mol. The number of ether oxygens (including phenoxy) is 1. The van der Waals surface area contributed by atoms with E-state index in [1.165, 1.54) is 4.90 Å². The molecule has 2 aliphatic heterocycles. The van der Waals surface area contributed by atoms with Crippen molar-refractivity contribution in [1.82, 2.24) is 5.32 Å². The van der Waals surface area contributed by atoms with Crippen LogP contribution < -0.4 is 20.3 Å². The predicted molar refractivity (Wildman–Crippen MR) is 133 cm³/mol. The summed E-state index contributed by atoms with van der Waals surface area (Å²) in [5.41, 5.74) is 3.74. The summed E-state index contributed by atoms with van der Waals surface area (Å²) in [5, 5.41) is 6.66. The maximum atomic E-state index is 13.8. The Morgan fingerprint density at radius 2 is 1.82 bits per heavy atom. The molecule has 5 rings (SSSR count). The molecule has 1 saturated heterocycles. The first-order valence-electron chi connectivity index (χ1n) is 11.2. The highest BCUT2D eigenvalue weighted by atomic mass is 35.5. The molecule has 3 aromatic carbocycles. The number of amides is 3. The van der Waals surface area contributed by atoms with E-state index in [4.69, 9.17) is 16.3 Å². The van der Waals surface area contributed by atoms with Gasteiger partial charge in [0.2, 0.25) is 11.6 Å². The van der Waals surface area contributed by atoms with E-state index in [-0.39, 0.29) is 11.9 Å². The molecule has 2 bridgehead atoms. The van der Waals surface area contributed by atoms with Gasteiger partial charge in [-0.25, -0.2) is 4.79 Å². The van der Waals surface area contributed by atoms with Crippen LogP contribution in [0.5, 0.6) is 5.75 Å². The van der Waals surface area contributed by atoms with Gasteiger partial charge < -0.3 is 15.4 Å². The molecular formula is C27H26ClN3O3. The van der Waals surface area contributed by atoms with E-state index in [1.54, 1.807) is 13.0 Å². The average Bonchev–Trinajstić information content (AvgIpc) is 2.77. The third kappa shape index (κ3) is 3.49. The highest BCUT2D eigenvalue weighted by Crippen LogP contribution is 2.50. The predicted octanol–water partition coefficient (Wildman–Crippen LogP) is 5.90. The van der Waals surface area contributed by atoms with E-state index in [9.17, 15) is 9.59 Å². The van der Waals surface area contributed by atoms with Crippen molar-refractivity contribution in [2.24, 2.45) is 5.92 Å². The minimum atomic E-state index is -1.29. The van der Waals surface area contributed by atoms with Gasteiger partial charge in [-0.2, -0.15) is 0 Å². The number of fused-ring (bicyclic) bond motifs is 4. The van der Waals surface area contributed by atoms with Crippen LogP contribution in [0, 0.1) is 26.7 Å². The van der Waals surface area contributed by atoms with Gasteiger partial charge in [0.05, 0.1) is 11.7 Å². The fourth-order valence-corrected chi connectivity index (χ4v) is 5.18. The van der Waals surface area contributed by atoms with Crippen LogP contribution in [0.25, 0.3) is 0 Å². The summed E-state index contributed by atoms with van der Waals surface area (Å²) in [4.78, 5) is 28.7. The molecule has 3 unspecified atom stereocenters. The van der Waals surface area contributed by atoms with Crippen LogP contribution in [0.1, 0.15) is 35.2 Å². The van der Waals surface area contributed by atoms with E-state index in [2.05, 4.69) is 10.6 Å². The van der Waals surface area contributed by atoms with Gasteiger partial charge >= 0.3 is 6.03 Å². The highest BCUT2D eigenvalue weighted by Gasteiger charge is 2.60. The number of urea groups is 1. The zero-order valence-electron chi connectivity index (χ0n) is 19.5. The minimum absolute atomic E-state index is 0.239. The Morgan fingerprint density at radius 1 is 1.06 bits per heavy atom. The molecule has 2 heterocycles. The van der Waals surface area contributed by atoms with Crippen LogP contribution in [-0.2, 0) is 4.79 Å². The van der Waals surface area contributed by atoms with Crippen molar-refractivity contribution in [2.75, 3.05) is 10.2 Å². The van der Waals surface area contributed by atoms with Gasteiger partial charge in [-0.1, -0.05) is 53.6 Å². The standard InChI is InChI=1S/C27H26ClN3O3/c1-15-9-12-21(17(3)13-15)29-25(32)23-24-19-7-5-6-8-22(19)34-27(23,4)31(26(33)30-24)18-11-10-16(2)20(28)14-18/h5-14,23-24H,1-4H3,(H,29,32)(H,30,33). The number of hydrogen-bond acceptors (Lipinski definition) is 3. The van der Waals surface area contributed by atoms with Crippen LogP contribution >= 0.6 is 11.6 Å². The summed E-state index contributed by atoms with van der Waals surface area (Å²) in [6, 6.07) is 17.9. The maximum Gasteiger partial charge on any atom is 0.325 e. The zero-order valence-corrected chi connectivity index (χ0v) is 20.2. The van der Waals surface area contributed by atoms with Gasteiger partial charge in [0.25, 0.3) is 0 Å². The summed E-state index contributed by atoms with van der Waals surface area (Å²) in [5.74, 6) is -0.341. The Balaban J connectivity index is 1.62. The number of anilines is 2. The first-order chi connectivity index (χ1) is 16.2. The summed E-state index contributed by atoms with van der Waals surface area (Å²) in [7, 11) is 0. The van der Waals surface area contributed by atoms with Crippen molar-refractivity contribution in [2.45, 2.75) is 39.5 Å². The fourth-order valence-electron chi connectivity index (χ4n) is 5.00. The Hall–Kier alpha value is -3.51. The van der Waals surface area contributed by atoms with Gasteiger partial charge in [-0.3, -0.25) is 9.69 Å². The smallest absolute Gasteiger partial charge is 0.325 e. The molecule has 2 N–H and O–H groups in total. The van der Waals surface area contributed by atoms with Gasteiger partial charge in [0.15, 0.2) is 0 Å². The van der Waals surface area contributed by atoms with Crippen molar-refractivity contribution in [3.8, 4) is 5.75 Å². The minimum Gasteiger partial charge on any atom is -0.466 e. The molecule has 3 amide bonds. The SMILES string of the molecule is Cc1ccc(NC(=O)C2C3NC(=O)N(c4ccc(C)c(Cl)c4)C2(C)Oc2ccccc23)c(C)c1. The topological polar surface area (TPSA) is 70.7 Å². The second-order valence-electron chi connectivity index (χ2n) is 9.18. The van der Waals surface area contributed by atoms with Crippen LogP contribution in [-0.4, -0.2) is 17.7 Å². The lowest BCUT2D eigenvalue weighted by Gasteiger charge is -2.54. The van der Waals surface area contributed by atoms with Crippen LogP contribution in [0.15, 0.2) is 60.7 Å². The molecule has 0 spiro atoms. The normalized spacial score (nSPS) is 23.0. The Morgan fingerprint density at radius 3 is 2.56 bits per heavy atom. The van der Waals surface area contributed by atoms with E-state index in [0.717, 1.165) is 27.9 Å². The third-order valence-electron chi connectivity index (χ3n) is 6.74. The number of hydrogen-bond donors (Lipinski definition) is 2.